The normalized spacial score (nSPS) is 12.4. The van der Waals surface area contributed by atoms with Crippen LogP contribution in [0.2, 0.25) is 0 Å². The van der Waals surface area contributed by atoms with Crippen LogP contribution < -0.4 is 4.57 Å². The van der Waals surface area contributed by atoms with E-state index in [1.54, 1.807) is 0 Å². The maximum absolute atomic E-state index is 2.43. The van der Waals surface area contributed by atoms with E-state index in [0.29, 0.717) is 0 Å². The van der Waals surface area contributed by atoms with Gasteiger partial charge in [-0.15, -0.1) is 0 Å². The van der Waals surface area contributed by atoms with Crippen LogP contribution in [0.25, 0.3) is 22.0 Å². The van der Waals surface area contributed by atoms with Gasteiger partial charge in [-0.25, -0.2) is 0 Å². The number of fused-ring (bicyclic) bond motifs is 5. The number of unbranched alkanes of at least 4 members (excludes halogenated alkanes) is 3. The predicted molar refractivity (Wildman–Crippen MR) is 96.5 cm³/mol. The van der Waals surface area contributed by atoms with E-state index < -0.39 is 0 Å². The summed E-state index contributed by atoms with van der Waals surface area (Å²) < 4.78 is 2.40. The highest BCUT2D eigenvalue weighted by molar-refractivity contribution is 5.94. The van der Waals surface area contributed by atoms with E-state index in [-0.39, 0.29) is 0 Å². The second-order valence-corrected chi connectivity index (χ2v) is 6.68. The molecule has 2 heterocycles. The number of aryl methyl sites for hydroxylation is 1. The van der Waals surface area contributed by atoms with E-state index in [4.69, 9.17) is 0 Å². The monoisotopic (exact) mass is 302 g/mol. The minimum atomic E-state index is 1.01. The van der Waals surface area contributed by atoms with Crippen molar-refractivity contribution in [3.05, 3.63) is 65.9 Å². The Labute approximate surface area is 138 Å². The van der Waals surface area contributed by atoms with Gasteiger partial charge in [-0.2, -0.15) is 4.57 Å². The molecule has 0 unspecified atom stereocenters. The van der Waals surface area contributed by atoms with E-state index in [0.717, 1.165) is 6.54 Å². The molecule has 2 aromatic carbocycles. The minimum Gasteiger partial charge on any atom is -0.193 e. The summed E-state index contributed by atoms with van der Waals surface area (Å²) in [5, 5.41) is 2.69. The lowest BCUT2D eigenvalue weighted by molar-refractivity contribution is -0.671. The number of hydrogen-bond acceptors (Lipinski definition) is 0. The van der Waals surface area contributed by atoms with Crippen molar-refractivity contribution < 1.29 is 4.57 Å². The van der Waals surface area contributed by atoms with Gasteiger partial charge in [0.25, 0.3) is 0 Å². The molecule has 0 atom stereocenters. The van der Waals surface area contributed by atoms with Crippen LogP contribution in [-0.4, -0.2) is 0 Å². The van der Waals surface area contributed by atoms with Crippen molar-refractivity contribution in [1.82, 2.24) is 0 Å². The highest BCUT2D eigenvalue weighted by atomic mass is 15.0. The first kappa shape index (κ1) is 14.4. The number of aromatic nitrogens is 1. The Morgan fingerprint density at radius 2 is 1.87 bits per heavy atom. The number of nitrogens with zero attached hydrogens (tertiary/aromatic N) is 1. The molecule has 1 nitrogen and oxygen atoms in total. The predicted octanol–water partition coefficient (Wildman–Crippen LogP) is 5.28. The summed E-state index contributed by atoms with van der Waals surface area (Å²) >= 11 is 0. The lowest BCUT2D eigenvalue weighted by Crippen LogP contribution is -2.31. The van der Waals surface area contributed by atoms with Gasteiger partial charge in [0.2, 0.25) is 5.69 Å². The molecule has 1 heteroatoms. The van der Waals surface area contributed by atoms with Gasteiger partial charge in [0.15, 0.2) is 12.7 Å². The van der Waals surface area contributed by atoms with Crippen LogP contribution in [-0.2, 0) is 13.0 Å². The smallest absolute Gasteiger partial charge is 0.193 e. The van der Waals surface area contributed by atoms with Crippen LogP contribution in [0.3, 0.4) is 0 Å². The van der Waals surface area contributed by atoms with Crippen LogP contribution >= 0.6 is 0 Å². The third-order valence-corrected chi connectivity index (χ3v) is 5.02. The lowest BCUT2D eigenvalue weighted by atomic mass is 9.98. The second-order valence-electron chi connectivity index (χ2n) is 6.68. The standard InChI is InChI=1S/C22H24N/c1-2-3-4-5-8-17-11-12-21-19(15-17)16-23-14-13-18-9-6-7-10-20(18)22(21)23/h6-7,9-15H,2-5,8,16H2,1H3/q+1. The van der Waals surface area contributed by atoms with Crippen LogP contribution in [0.1, 0.15) is 43.7 Å². The van der Waals surface area contributed by atoms with Crippen LogP contribution in [0, 0.1) is 0 Å². The van der Waals surface area contributed by atoms with Gasteiger partial charge in [-0.3, -0.25) is 0 Å². The molecule has 0 aliphatic carbocycles. The van der Waals surface area contributed by atoms with Gasteiger partial charge in [-0.05, 0) is 42.0 Å². The summed E-state index contributed by atoms with van der Waals surface area (Å²) in [6.45, 7) is 3.28. The Morgan fingerprint density at radius 1 is 0.957 bits per heavy atom. The minimum absolute atomic E-state index is 1.01. The Bertz CT molecular complexity index is 848. The van der Waals surface area contributed by atoms with Gasteiger partial charge in [0.1, 0.15) is 0 Å². The van der Waals surface area contributed by atoms with Gasteiger partial charge in [-0.1, -0.05) is 50.5 Å². The molecule has 0 amide bonds. The van der Waals surface area contributed by atoms with Crippen molar-refractivity contribution in [1.29, 1.82) is 0 Å². The zero-order valence-corrected chi connectivity index (χ0v) is 13.9. The third-order valence-electron chi connectivity index (χ3n) is 5.02. The molecule has 0 saturated heterocycles. The first-order valence-corrected chi connectivity index (χ1v) is 8.90. The van der Waals surface area contributed by atoms with E-state index in [1.807, 2.05) is 0 Å². The average molecular weight is 302 g/mol. The fraction of sp³-hybridized carbons (Fsp3) is 0.318. The summed E-state index contributed by atoms with van der Waals surface area (Å²) in [5.41, 5.74) is 5.78. The van der Waals surface area contributed by atoms with Crippen LogP contribution in [0.5, 0.6) is 0 Å². The molecule has 116 valence electrons. The first-order chi connectivity index (χ1) is 11.4. The quantitative estimate of drug-likeness (QED) is 0.349. The molecule has 0 fully saturated rings. The Balaban J connectivity index is 1.67. The maximum atomic E-state index is 2.43. The zero-order chi connectivity index (χ0) is 15.6. The van der Waals surface area contributed by atoms with Crippen molar-refractivity contribution >= 4 is 10.8 Å². The molecular weight excluding hydrogens is 278 g/mol. The second kappa shape index (κ2) is 6.16. The van der Waals surface area contributed by atoms with E-state index in [2.05, 4.69) is 66.2 Å². The molecular formula is C22H24N+. The van der Waals surface area contributed by atoms with Crippen molar-refractivity contribution in [2.75, 3.05) is 0 Å². The van der Waals surface area contributed by atoms with Crippen LogP contribution in [0.4, 0.5) is 0 Å². The summed E-state index contributed by atoms with van der Waals surface area (Å²) in [6.07, 6.45) is 8.79. The zero-order valence-electron chi connectivity index (χ0n) is 13.9. The topological polar surface area (TPSA) is 3.88 Å². The molecule has 4 rings (SSSR count). The summed E-state index contributed by atoms with van der Waals surface area (Å²) in [5.74, 6) is 0. The van der Waals surface area contributed by atoms with Gasteiger partial charge >= 0.3 is 0 Å². The number of pyridine rings is 1. The average Bonchev–Trinajstić information content (AvgIpc) is 2.97. The van der Waals surface area contributed by atoms with E-state index in [1.165, 1.54) is 65.3 Å². The van der Waals surface area contributed by atoms with Gasteiger partial charge in [0.05, 0.1) is 10.9 Å². The molecule has 23 heavy (non-hydrogen) atoms. The molecule has 0 spiro atoms. The van der Waals surface area contributed by atoms with Gasteiger partial charge in [0, 0.05) is 11.6 Å². The molecule has 3 aromatic rings. The van der Waals surface area contributed by atoms with Gasteiger partial charge < -0.3 is 0 Å². The number of hydrogen-bond donors (Lipinski definition) is 0. The molecule has 1 aromatic heterocycles. The van der Waals surface area contributed by atoms with Crippen molar-refractivity contribution in [3.8, 4) is 11.3 Å². The maximum Gasteiger partial charge on any atom is 0.221 e. The fourth-order valence-corrected chi connectivity index (χ4v) is 3.79. The molecule has 0 N–H and O–H groups in total. The summed E-state index contributed by atoms with van der Waals surface area (Å²) in [7, 11) is 0. The Morgan fingerprint density at radius 3 is 2.78 bits per heavy atom. The van der Waals surface area contributed by atoms with Crippen molar-refractivity contribution in [2.45, 2.75) is 45.6 Å². The molecule has 0 bridgehead atoms. The SMILES string of the molecule is CCCCCCc1ccc2c(c1)C[n+]1ccc3ccccc3c1-2. The van der Waals surface area contributed by atoms with E-state index >= 15 is 0 Å². The highest BCUT2D eigenvalue weighted by Crippen LogP contribution is 2.33. The Hall–Kier alpha value is -2.15. The van der Waals surface area contributed by atoms with Crippen molar-refractivity contribution in [2.24, 2.45) is 0 Å². The summed E-state index contributed by atoms with van der Waals surface area (Å²) in [4.78, 5) is 0. The highest BCUT2D eigenvalue weighted by Gasteiger charge is 2.28. The lowest BCUT2D eigenvalue weighted by Gasteiger charge is -2.03. The summed E-state index contributed by atoms with van der Waals surface area (Å²) in [6, 6.07) is 18.1. The van der Waals surface area contributed by atoms with Crippen LogP contribution in [0.15, 0.2) is 54.7 Å². The fourth-order valence-electron chi connectivity index (χ4n) is 3.79. The van der Waals surface area contributed by atoms with E-state index in [9.17, 15) is 0 Å². The largest absolute Gasteiger partial charge is 0.221 e. The number of benzene rings is 2. The Kier molecular flexibility index (Phi) is 3.87. The number of rotatable bonds is 5. The molecule has 0 radical (unpaired) electrons. The first-order valence-electron chi connectivity index (χ1n) is 8.90. The van der Waals surface area contributed by atoms with Crippen molar-refractivity contribution in [3.63, 3.8) is 0 Å². The molecule has 1 aliphatic rings. The third kappa shape index (κ3) is 2.65. The molecule has 1 aliphatic heterocycles. The molecule has 0 saturated carbocycles.